The quantitative estimate of drug-likeness (QED) is 0.732. The molecule has 2 aromatic rings. The van der Waals surface area contributed by atoms with Crippen LogP contribution in [0.4, 0.5) is 0 Å². The zero-order chi connectivity index (χ0) is 17.6. The van der Waals surface area contributed by atoms with Crippen LogP contribution in [-0.4, -0.2) is 31.0 Å². The molecule has 5 heteroatoms. The van der Waals surface area contributed by atoms with E-state index in [0.29, 0.717) is 23.1 Å². The number of aliphatic hydroxyl groups is 1. The Kier molecular flexibility index (Phi) is 7.08. The first kappa shape index (κ1) is 19.2. The lowest BCUT2D eigenvalue weighted by Gasteiger charge is -2.34. The number of methoxy groups -OCH3 is 1. The van der Waals surface area contributed by atoms with Crippen molar-refractivity contribution in [3.8, 4) is 0 Å². The molecular formula is C19H23Cl2NO2. The molecule has 2 rings (SSSR count). The van der Waals surface area contributed by atoms with E-state index in [-0.39, 0.29) is 18.2 Å². The Labute approximate surface area is 153 Å². The molecule has 0 spiro atoms. The zero-order valence-corrected chi connectivity index (χ0v) is 15.4. The molecule has 130 valence electrons. The summed E-state index contributed by atoms with van der Waals surface area (Å²) < 4.78 is 5.41. The maximum absolute atomic E-state index is 9.82. The van der Waals surface area contributed by atoms with Crippen LogP contribution in [0.2, 0.25) is 10.0 Å². The molecule has 0 heterocycles. The van der Waals surface area contributed by atoms with E-state index in [1.54, 1.807) is 13.2 Å². The highest BCUT2D eigenvalue weighted by atomic mass is 35.5. The van der Waals surface area contributed by atoms with Gasteiger partial charge < -0.3 is 15.2 Å². The number of ether oxygens (including phenoxy) is 1. The molecule has 2 N–H and O–H groups in total. The minimum absolute atomic E-state index is 0.00465. The summed E-state index contributed by atoms with van der Waals surface area (Å²) in [5.41, 5.74) is 1.73. The van der Waals surface area contributed by atoms with E-state index in [4.69, 9.17) is 27.9 Å². The van der Waals surface area contributed by atoms with Gasteiger partial charge >= 0.3 is 0 Å². The van der Waals surface area contributed by atoms with Gasteiger partial charge in [0, 0.05) is 12.6 Å². The summed E-state index contributed by atoms with van der Waals surface area (Å²) in [6.07, 6.45) is 0.695. The van der Waals surface area contributed by atoms with Crippen molar-refractivity contribution >= 4 is 23.2 Å². The Hall–Kier alpha value is -1.10. The van der Waals surface area contributed by atoms with Gasteiger partial charge in [0.1, 0.15) is 0 Å². The van der Waals surface area contributed by atoms with Crippen molar-refractivity contribution in [3.05, 3.63) is 69.7 Å². The molecular weight excluding hydrogens is 345 g/mol. The lowest BCUT2D eigenvalue weighted by molar-refractivity contribution is 0.0991. The van der Waals surface area contributed by atoms with Gasteiger partial charge in [0.15, 0.2) is 0 Å². The number of rotatable bonds is 8. The fraction of sp³-hybridized carbons (Fsp3) is 0.368. The monoisotopic (exact) mass is 367 g/mol. The first-order chi connectivity index (χ1) is 11.5. The number of hydrogen-bond acceptors (Lipinski definition) is 3. The normalized spacial score (nSPS) is 15.0. The molecule has 0 aliphatic heterocycles. The van der Waals surface area contributed by atoms with E-state index in [2.05, 4.69) is 12.2 Å². The van der Waals surface area contributed by atoms with E-state index in [1.165, 1.54) is 0 Å². The molecule has 0 aliphatic rings. The number of halogens is 2. The molecule has 0 aromatic heterocycles. The highest BCUT2D eigenvalue weighted by molar-refractivity contribution is 6.42. The van der Waals surface area contributed by atoms with Crippen LogP contribution in [0.1, 0.15) is 24.1 Å². The molecule has 0 unspecified atom stereocenters. The molecule has 0 amide bonds. The zero-order valence-electron chi connectivity index (χ0n) is 13.9. The van der Waals surface area contributed by atoms with Gasteiger partial charge in [0.05, 0.1) is 29.3 Å². The third kappa shape index (κ3) is 5.20. The van der Waals surface area contributed by atoms with Crippen LogP contribution in [0.3, 0.4) is 0 Å². The maximum atomic E-state index is 9.82. The molecule has 0 saturated carbocycles. The van der Waals surface area contributed by atoms with E-state index in [9.17, 15) is 5.11 Å². The summed E-state index contributed by atoms with van der Waals surface area (Å²) in [5, 5.41) is 14.4. The summed E-state index contributed by atoms with van der Waals surface area (Å²) >= 11 is 12.1. The fourth-order valence-electron chi connectivity index (χ4n) is 2.90. The average Bonchev–Trinajstić information content (AvgIpc) is 2.57. The maximum Gasteiger partial charge on any atom is 0.0645 e. The highest BCUT2D eigenvalue weighted by Gasteiger charge is 2.28. The molecule has 2 aromatic carbocycles. The highest BCUT2D eigenvalue weighted by Crippen LogP contribution is 2.26. The van der Waals surface area contributed by atoms with Crippen LogP contribution >= 0.6 is 23.2 Å². The van der Waals surface area contributed by atoms with Gasteiger partial charge in [-0.2, -0.15) is 0 Å². The minimum Gasteiger partial charge on any atom is -0.394 e. The Morgan fingerprint density at radius 2 is 1.83 bits per heavy atom. The van der Waals surface area contributed by atoms with Crippen LogP contribution < -0.4 is 5.32 Å². The SMILES string of the molecule is COC[C@](C)(Cc1ccc(Cl)c(Cl)c1)N[C@H](CO)c1ccccc1. The van der Waals surface area contributed by atoms with E-state index >= 15 is 0 Å². The van der Waals surface area contributed by atoms with Crippen molar-refractivity contribution in [3.63, 3.8) is 0 Å². The fourth-order valence-corrected chi connectivity index (χ4v) is 3.22. The van der Waals surface area contributed by atoms with E-state index in [1.807, 2.05) is 42.5 Å². The number of hydrogen-bond donors (Lipinski definition) is 2. The number of benzene rings is 2. The Morgan fingerprint density at radius 3 is 2.42 bits per heavy atom. The summed E-state index contributed by atoms with van der Waals surface area (Å²) in [6, 6.07) is 15.3. The summed E-state index contributed by atoms with van der Waals surface area (Å²) in [5.74, 6) is 0. The van der Waals surface area contributed by atoms with Crippen molar-refractivity contribution in [2.45, 2.75) is 24.9 Å². The van der Waals surface area contributed by atoms with Crippen molar-refractivity contribution < 1.29 is 9.84 Å². The first-order valence-electron chi connectivity index (χ1n) is 7.84. The van der Waals surface area contributed by atoms with Crippen LogP contribution in [0.25, 0.3) is 0 Å². The summed E-state index contributed by atoms with van der Waals surface area (Å²) in [4.78, 5) is 0. The van der Waals surface area contributed by atoms with E-state index in [0.717, 1.165) is 11.1 Å². The molecule has 0 bridgehead atoms. The van der Waals surface area contributed by atoms with Crippen LogP contribution in [0.5, 0.6) is 0 Å². The molecule has 2 atom stereocenters. The Bertz CT molecular complexity index is 651. The first-order valence-corrected chi connectivity index (χ1v) is 8.59. The van der Waals surface area contributed by atoms with Gasteiger partial charge in [-0.1, -0.05) is 59.6 Å². The van der Waals surface area contributed by atoms with Gasteiger partial charge in [0.25, 0.3) is 0 Å². The number of nitrogens with one attached hydrogen (secondary N) is 1. The second-order valence-corrected chi connectivity index (χ2v) is 7.02. The van der Waals surface area contributed by atoms with Crippen molar-refractivity contribution in [1.82, 2.24) is 5.32 Å². The average molecular weight is 368 g/mol. The third-order valence-corrected chi connectivity index (χ3v) is 4.69. The lowest BCUT2D eigenvalue weighted by atomic mass is 9.91. The largest absolute Gasteiger partial charge is 0.394 e. The van der Waals surface area contributed by atoms with Gasteiger partial charge in [-0.3, -0.25) is 0 Å². The second kappa shape index (κ2) is 8.84. The minimum atomic E-state index is -0.366. The predicted octanol–water partition coefficient (Wildman–Crippen LogP) is 4.26. The number of aliphatic hydroxyl groups excluding tert-OH is 1. The smallest absolute Gasteiger partial charge is 0.0645 e. The van der Waals surface area contributed by atoms with Gasteiger partial charge in [0.2, 0.25) is 0 Å². The Morgan fingerprint density at radius 1 is 1.12 bits per heavy atom. The lowest BCUT2D eigenvalue weighted by Crippen LogP contribution is -2.50. The predicted molar refractivity (Wildman–Crippen MR) is 99.9 cm³/mol. The summed E-state index contributed by atoms with van der Waals surface area (Å²) in [7, 11) is 1.67. The van der Waals surface area contributed by atoms with Gasteiger partial charge in [-0.15, -0.1) is 0 Å². The molecule has 3 nitrogen and oxygen atoms in total. The topological polar surface area (TPSA) is 41.5 Å². The molecule has 0 aliphatic carbocycles. The van der Waals surface area contributed by atoms with E-state index < -0.39 is 0 Å². The molecule has 0 fully saturated rings. The third-order valence-electron chi connectivity index (χ3n) is 3.95. The molecule has 24 heavy (non-hydrogen) atoms. The second-order valence-electron chi connectivity index (χ2n) is 6.21. The summed E-state index contributed by atoms with van der Waals surface area (Å²) in [6.45, 7) is 2.58. The van der Waals surface area contributed by atoms with Crippen LogP contribution in [0, 0.1) is 0 Å². The van der Waals surface area contributed by atoms with Gasteiger partial charge in [-0.05, 0) is 36.6 Å². The standard InChI is InChI=1S/C19H23Cl2NO2/c1-19(13-24-2,11-14-8-9-16(20)17(21)10-14)22-18(12-23)15-6-4-3-5-7-15/h3-10,18,22-23H,11-13H2,1-2H3/t18-,19+/m1/s1. The molecule has 0 radical (unpaired) electrons. The van der Waals surface area contributed by atoms with Gasteiger partial charge in [-0.25, -0.2) is 0 Å². The van der Waals surface area contributed by atoms with Crippen LogP contribution in [-0.2, 0) is 11.2 Å². The van der Waals surface area contributed by atoms with Crippen molar-refractivity contribution in [2.75, 3.05) is 20.3 Å². The van der Waals surface area contributed by atoms with Crippen molar-refractivity contribution in [2.24, 2.45) is 0 Å². The van der Waals surface area contributed by atoms with Crippen LogP contribution in [0.15, 0.2) is 48.5 Å². The molecule has 0 saturated heterocycles. The van der Waals surface area contributed by atoms with Crippen molar-refractivity contribution in [1.29, 1.82) is 0 Å². The Balaban J connectivity index is 2.20.